The molecule has 0 aliphatic heterocycles. The molecule has 0 aliphatic carbocycles. The minimum absolute atomic E-state index is 0.773. The van der Waals surface area contributed by atoms with Crippen molar-refractivity contribution in [3.63, 3.8) is 0 Å². The van der Waals surface area contributed by atoms with Crippen molar-refractivity contribution < 1.29 is 4.74 Å². The van der Waals surface area contributed by atoms with Crippen LogP contribution in [0.5, 0.6) is 0 Å². The predicted octanol–water partition coefficient (Wildman–Crippen LogP) is 3.86. The van der Waals surface area contributed by atoms with E-state index in [0.717, 1.165) is 18.6 Å². The number of unbranched alkanes of at least 4 members (excludes halogenated alkanes) is 3. The highest BCUT2D eigenvalue weighted by atomic mass is 16.5. The summed E-state index contributed by atoms with van der Waals surface area (Å²) in [5, 5.41) is 0. The maximum atomic E-state index is 5.27. The highest BCUT2D eigenvalue weighted by Crippen LogP contribution is 2.02. The van der Waals surface area contributed by atoms with E-state index in [1.807, 2.05) is 30.3 Å². The van der Waals surface area contributed by atoms with E-state index in [9.17, 15) is 0 Å². The van der Waals surface area contributed by atoms with E-state index in [1.54, 1.807) is 0 Å². The SMILES string of the molecule is CCCCCCO[C]=Cc1cc[c]cc1. The van der Waals surface area contributed by atoms with Crippen LogP contribution >= 0.6 is 0 Å². The molecule has 1 rings (SSSR count). The Hall–Kier alpha value is -1.24. The molecule has 15 heavy (non-hydrogen) atoms. The molecule has 80 valence electrons. The average molecular weight is 202 g/mol. The van der Waals surface area contributed by atoms with Gasteiger partial charge >= 0.3 is 0 Å². The molecule has 1 nitrogen and oxygen atoms in total. The third kappa shape index (κ3) is 5.95. The summed E-state index contributed by atoms with van der Waals surface area (Å²) in [6.45, 7) is 2.98. The lowest BCUT2D eigenvalue weighted by molar-refractivity contribution is 0.223. The summed E-state index contributed by atoms with van der Waals surface area (Å²) in [6.07, 6.45) is 9.62. The van der Waals surface area contributed by atoms with E-state index in [2.05, 4.69) is 19.3 Å². The zero-order chi connectivity index (χ0) is 10.8. The van der Waals surface area contributed by atoms with Crippen LogP contribution in [0.15, 0.2) is 24.3 Å². The number of benzene rings is 1. The standard InChI is InChI=1S/C14H18O/c1-2-3-4-8-12-15-13-11-14-9-6-5-7-10-14/h6-7,9-11H,2-4,8,12H2,1H3. The van der Waals surface area contributed by atoms with Crippen molar-refractivity contribution in [2.24, 2.45) is 0 Å². The highest BCUT2D eigenvalue weighted by Gasteiger charge is 1.87. The Morgan fingerprint density at radius 1 is 1.27 bits per heavy atom. The van der Waals surface area contributed by atoms with Gasteiger partial charge in [-0.1, -0.05) is 50.5 Å². The molecule has 0 heterocycles. The molecule has 1 aromatic rings. The minimum atomic E-state index is 0.773. The molecule has 1 aromatic carbocycles. The Bertz CT molecular complexity index is 264. The predicted molar refractivity (Wildman–Crippen MR) is 63.1 cm³/mol. The number of rotatable bonds is 7. The van der Waals surface area contributed by atoms with Gasteiger partial charge in [-0.2, -0.15) is 0 Å². The number of hydrogen-bond acceptors (Lipinski definition) is 1. The van der Waals surface area contributed by atoms with Crippen molar-refractivity contribution in [3.05, 3.63) is 42.2 Å². The van der Waals surface area contributed by atoms with Crippen LogP contribution in [0.4, 0.5) is 0 Å². The second kappa shape index (κ2) is 8.10. The smallest absolute Gasteiger partial charge is 0.161 e. The summed E-state index contributed by atoms with van der Waals surface area (Å²) in [4.78, 5) is 0. The first kappa shape index (κ1) is 11.8. The zero-order valence-corrected chi connectivity index (χ0v) is 9.33. The fourth-order valence-electron chi connectivity index (χ4n) is 1.27. The van der Waals surface area contributed by atoms with Gasteiger partial charge in [-0.05, 0) is 24.1 Å². The first-order valence-corrected chi connectivity index (χ1v) is 5.60. The molecule has 0 saturated heterocycles. The van der Waals surface area contributed by atoms with Gasteiger partial charge in [0, 0.05) is 0 Å². The Labute approximate surface area is 92.8 Å². The van der Waals surface area contributed by atoms with Crippen molar-refractivity contribution in [1.29, 1.82) is 0 Å². The van der Waals surface area contributed by atoms with Gasteiger partial charge in [-0.25, -0.2) is 0 Å². The normalized spacial score (nSPS) is 10.7. The third-order valence-electron chi connectivity index (χ3n) is 2.15. The summed E-state index contributed by atoms with van der Waals surface area (Å²) in [5.74, 6) is 0. The first-order chi connectivity index (χ1) is 7.43. The highest BCUT2D eigenvalue weighted by molar-refractivity contribution is 5.45. The lowest BCUT2D eigenvalue weighted by Crippen LogP contribution is -1.87. The summed E-state index contributed by atoms with van der Waals surface area (Å²) < 4.78 is 5.27. The molecule has 0 amide bonds. The van der Waals surface area contributed by atoms with E-state index in [-0.39, 0.29) is 0 Å². The lowest BCUT2D eigenvalue weighted by Gasteiger charge is -1.98. The molecule has 0 spiro atoms. The number of hydrogen-bond donors (Lipinski definition) is 0. The van der Waals surface area contributed by atoms with Crippen molar-refractivity contribution in [2.75, 3.05) is 6.61 Å². The molecule has 0 unspecified atom stereocenters. The molecule has 0 N–H and O–H groups in total. The Kier molecular flexibility index (Phi) is 6.39. The van der Waals surface area contributed by atoms with Gasteiger partial charge in [-0.3, -0.25) is 0 Å². The van der Waals surface area contributed by atoms with Crippen LogP contribution in [0.2, 0.25) is 0 Å². The van der Waals surface area contributed by atoms with Crippen LogP contribution in [0.1, 0.15) is 38.2 Å². The van der Waals surface area contributed by atoms with Crippen LogP contribution in [0, 0.1) is 12.3 Å². The summed E-state index contributed by atoms with van der Waals surface area (Å²) in [7, 11) is 0. The fourth-order valence-corrected chi connectivity index (χ4v) is 1.27. The Morgan fingerprint density at radius 2 is 2.07 bits per heavy atom. The van der Waals surface area contributed by atoms with Gasteiger partial charge in [0.25, 0.3) is 0 Å². The van der Waals surface area contributed by atoms with Crippen LogP contribution in [-0.2, 0) is 4.74 Å². The van der Waals surface area contributed by atoms with Crippen LogP contribution in [0.3, 0.4) is 0 Å². The third-order valence-corrected chi connectivity index (χ3v) is 2.15. The van der Waals surface area contributed by atoms with E-state index < -0.39 is 0 Å². The molecule has 0 atom stereocenters. The lowest BCUT2D eigenvalue weighted by atomic mass is 10.2. The second-order valence-corrected chi connectivity index (χ2v) is 3.50. The summed E-state index contributed by atoms with van der Waals surface area (Å²) in [5.41, 5.74) is 1.10. The molecule has 0 fully saturated rings. The zero-order valence-electron chi connectivity index (χ0n) is 9.33. The maximum Gasteiger partial charge on any atom is 0.161 e. The second-order valence-electron chi connectivity index (χ2n) is 3.50. The molecular weight excluding hydrogens is 184 g/mol. The van der Waals surface area contributed by atoms with Gasteiger partial charge in [0.2, 0.25) is 0 Å². The van der Waals surface area contributed by atoms with Crippen molar-refractivity contribution >= 4 is 6.08 Å². The maximum absolute atomic E-state index is 5.27. The van der Waals surface area contributed by atoms with E-state index in [4.69, 9.17) is 4.74 Å². The monoisotopic (exact) mass is 202 g/mol. The minimum Gasteiger partial charge on any atom is -0.490 e. The van der Waals surface area contributed by atoms with Crippen molar-refractivity contribution in [2.45, 2.75) is 32.6 Å². The number of ether oxygens (including phenoxy) is 1. The largest absolute Gasteiger partial charge is 0.490 e. The molecule has 0 aliphatic rings. The van der Waals surface area contributed by atoms with Gasteiger partial charge in [0.1, 0.15) is 0 Å². The summed E-state index contributed by atoms with van der Waals surface area (Å²) >= 11 is 0. The van der Waals surface area contributed by atoms with E-state index in [0.29, 0.717) is 0 Å². The van der Waals surface area contributed by atoms with E-state index >= 15 is 0 Å². The van der Waals surface area contributed by atoms with E-state index in [1.165, 1.54) is 19.3 Å². The van der Waals surface area contributed by atoms with Crippen LogP contribution in [-0.4, -0.2) is 6.61 Å². The van der Waals surface area contributed by atoms with Crippen LogP contribution < -0.4 is 0 Å². The van der Waals surface area contributed by atoms with Crippen LogP contribution in [0.25, 0.3) is 6.08 Å². The van der Waals surface area contributed by atoms with Crippen molar-refractivity contribution in [3.8, 4) is 0 Å². The molecule has 2 radical (unpaired) electrons. The van der Waals surface area contributed by atoms with Gasteiger partial charge < -0.3 is 4.74 Å². The molecular formula is C14H18O. The Balaban J connectivity index is 2.07. The van der Waals surface area contributed by atoms with Gasteiger partial charge in [0.05, 0.1) is 6.61 Å². The fraction of sp³-hybridized carbons (Fsp3) is 0.429. The first-order valence-electron chi connectivity index (χ1n) is 5.60. The topological polar surface area (TPSA) is 9.23 Å². The molecule has 0 aromatic heterocycles. The molecule has 0 saturated carbocycles. The Morgan fingerprint density at radius 3 is 2.80 bits per heavy atom. The van der Waals surface area contributed by atoms with Crippen molar-refractivity contribution in [1.82, 2.24) is 0 Å². The van der Waals surface area contributed by atoms with Gasteiger partial charge in [-0.15, -0.1) is 0 Å². The quantitative estimate of drug-likeness (QED) is 0.482. The molecule has 1 heteroatoms. The average Bonchev–Trinajstić information content (AvgIpc) is 2.29. The molecule has 0 bridgehead atoms. The summed E-state index contributed by atoms with van der Waals surface area (Å²) in [6, 6.07) is 10.7. The van der Waals surface area contributed by atoms with Gasteiger partial charge in [0.15, 0.2) is 6.26 Å².